The van der Waals surface area contributed by atoms with Crippen LogP contribution < -0.4 is 10.2 Å². The van der Waals surface area contributed by atoms with Gasteiger partial charge in [-0.3, -0.25) is 4.99 Å². The number of rotatable bonds is 6. The van der Waals surface area contributed by atoms with Gasteiger partial charge in [0.2, 0.25) is 0 Å². The lowest BCUT2D eigenvalue weighted by Crippen LogP contribution is -2.52. The van der Waals surface area contributed by atoms with E-state index in [2.05, 4.69) is 51.0 Å². The molecule has 2 aliphatic heterocycles. The fourth-order valence-corrected chi connectivity index (χ4v) is 4.00. The van der Waals surface area contributed by atoms with Gasteiger partial charge in [-0.25, -0.2) is 4.98 Å². The number of likely N-dealkylation sites (tertiary alicyclic amines) is 1. The van der Waals surface area contributed by atoms with Crippen molar-refractivity contribution in [3.05, 3.63) is 24.4 Å². The largest absolute Gasteiger partial charge is 0.357 e. The van der Waals surface area contributed by atoms with Gasteiger partial charge in [-0.05, 0) is 50.9 Å². The van der Waals surface area contributed by atoms with E-state index in [0.29, 0.717) is 5.92 Å². The van der Waals surface area contributed by atoms with Crippen LogP contribution in [0, 0.1) is 5.92 Å². The SMILES string of the molecule is CCNC(=NCC(C)CN1CCCCC1)N1CCN(c2ccccn2)CC1. The highest BCUT2D eigenvalue weighted by molar-refractivity contribution is 5.80. The maximum atomic E-state index is 4.97. The molecule has 3 heterocycles. The predicted octanol–water partition coefficient (Wildman–Crippen LogP) is 2.29. The van der Waals surface area contributed by atoms with E-state index in [0.717, 1.165) is 51.0 Å². The van der Waals surface area contributed by atoms with Crippen molar-refractivity contribution in [3.8, 4) is 0 Å². The Labute approximate surface area is 164 Å². The van der Waals surface area contributed by atoms with E-state index in [1.54, 1.807) is 0 Å². The molecule has 0 aromatic carbocycles. The minimum atomic E-state index is 0.603. The molecule has 1 N–H and O–H groups in total. The molecule has 2 saturated heterocycles. The number of pyridine rings is 1. The number of hydrogen-bond donors (Lipinski definition) is 1. The lowest BCUT2D eigenvalue weighted by Gasteiger charge is -2.37. The van der Waals surface area contributed by atoms with Crippen molar-refractivity contribution in [1.82, 2.24) is 20.1 Å². The first-order valence-corrected chi connectivity index (χ1v) is 10.7. The molecule has 6 heteroatoms. The fraction of sp³-hybridized carbons (Fsp3) is 0.714. The third-order valence-corrected chi connectivity index (χ3v) is 5.46. The number of piperidine rings is 1. The standard InChI is InChI=1S/C21H36N6/c1-3-22-21(24-17-19(2)18-25-11-7-4-8-12-25)27-15-13-26(14-16-27)20-9-5-6-10-23-20/h5-6,9-10,19H,3-4,7-8,11-18H2,1-2H3,(H,22,24). The summed E-state index contributed by atoms with van der Waals surface area (Å²) in [5.41, 5.74) is 0. The van der Waals surface area contributed by atoms with Crippen molar-refractivity contribution in [1.29, 1.82) is 0 Å². The van der Waals surface area contributed by atoms with Crippen LogP contribution in [0.5, 0.6) is 0 Å². The highest BCUT2D eigenvalue weighted by Crippen LogP contribution is 2.13. The van der Waals surface area contributed by atoms with Crippen molar-refractivity contribution in [2.75, 3.05) is 63.8 Å². The molecular weight excluding hydrogens is 336 g/mol. The van der Waals surface area contributed by atoms with Crippen molar-refractivity contribution in [2.24, 2.45) is 10.9 Å². The minimum absolute atomic E-state index is 0.603. The van der Waals surface area contributed by atoms with Gasteiger partial charge in [0.25, 0.3) is 0 Å². The summed E-state index contributed by atoms with van der Waals surface area (Å²) in [7, 11) is 0. The molecule has 0 radical (unpaired) electrons. The first-order chi connectivity index (χ1) is 13.3. The molecule has 27 heavy (non-hydrogen) atoms. The molecule has 6 nitrogen and oxygen atoms in total. The third-order valence-electron chi connectivity index (χ3n) is 5.46. The first kappa shape index (κ1) is 19.9. The van der Waals surface area contributed by atoms with Crippen LogP contribution in [0.3, 0.4) is 0 Å². The van der Waals surface area contributed by atoms with Crippen LogP contribution in [0.1, 0.15) is 33.1 Å². The topological polar surface area (TPSA) is 47.0 Å². The lowest BCUT2D eigenvalue weighted by atomic mass is 10.1. The van der Waals surface area contributed by atoms with E-state index in [1.165, 1.54) is 38.9 Å². The molecule has 0 spiro atoms. The molecule has 2 fully saturated rings. The summed E-state index contributed by atoms with van der Waals surface area (Å²) in [4.78, 5) is 16.8. The smallest absolute Gasteiger partial charge is 0.194 e. The van der Waals surface area contributed by atoms with Gasteiger partial charge in [-0.1, -0.05) is 19.4 Å². The third kappa shape index (κ3) is 6.09. The number of nitrogens with zero attached hydrogens (tertiary/aromatic N) is 5. The zero-order valence-corrected chi connectivity index (χ0v) is 17.1. The number of piperazine rings is 1. The normalized spacial score (nSPS) is 20.6. The van der Waals surface area contributed by atoms with Gasteiger partial charge in [-0.15, -0.1) is 0 Å². The predicted molar refractivity (Wildman–Crippen MR) is 113 cm³/mol. The first-order valence-electron chi connectivity index (χ1n) is 10.7. The molecular formula is C21H36N6. The van der Waals surface area contributed by atoms with Crippen LogP contribution in [0.2, 0.25) is 0 Å². The van der Waals surface area contributed by atoms with Crippen LogP contribution >= 0.6 is 0 Å². The fourth-order valence-electron chi connectivity index (χ4n) is 4.00. The Hall–Kier alpha value is -1.82. The molecule has 0 saturated carbocycles. The zero-order valence-electron chi connectivity index (χ0n) is 17.1. The molecule has 150 valence electrons. The molecule has 3 rings (SSSR count). The highest BCUT2D eigenvalue weighted by atomic mass is 15.4. The summed E-state index contributed by atoms with van der Waals surface area (Å²) in [5.74, 6) is 2.75. The molecule has 1 aromatic heterocycles. The summed E-state index contributed by atoms with van der Waals surface area (Å²) >= 11 is 0. The van der Waals surface area contributed by atoms with Gasteiger partial charge < -0.3 is 20.0 Å². The van der Waals surface area contributed by atoms with Gasteiger partial charge in [-0.2, -0.15) is 0 Å². The quantitative estimate of drug-likeness (QED) is 0.613. The lowest BCUT2D eigenvalue weighted by molar-refractivity contribution is 0.202. The van der Waals surface area contributed by atoms with Crippen molar-refractivity contribution in [2.45, 2.75) is 33.1 Å². The number of anilines is 1. The molecule has 0 bridgehead atoms. The van der Waals surface area contributed by atoms with Gasteiger partial charge in [0.1, 0.15) is 5.82 Å². The Morgan fingerprint density at radius 3 is 2.56 bits per heavy atom. The second-order valence-corrected chi connectivity index (χ2v) is 7.82. The van der Waals surface area contributed by atoms with Crippen LogP contribution in [0.25, 0.3) is 0 Å². The number of guanidine groups is 1. The molecule has 0 aliphatic carbocycles. The van der Waals surface area contributed by atoms with Gasteiger partial charge >= 0.3 is 0 Å². The average molecular weight is 373 g/mol. The van der Waals surface area contributed by atoms with Crippen molar-refractivity contribution in [3.63, 3.8) is 0 Å². The monoisotopic (exact) mass is 372 g/mol. The minimum Gasteiger partial charge on any atom is -0.357 e. The van der Waals surface area contributed by atoms with E-state index in [4.69, 9.17) is 4.99 Å². The highest BCUT2D eigenvalue weighted by Gasteiger charge is 2.21. The summed E-state index contributed by atoms with van der Waals surface area (Å²) < 4.78 is 0. The number of nitrogens with one attached hydrogen (secondary N) is 1. The van der Waals surface area contributed by atoms with E-state index in [-0.39, 0.29) is 0 Å². The second-order valence-electron chi connectivity index (χ2n) is 7.82. The molecule has 1 unspecified atom stereocenters. The molecule has 2 aliphatic rings. The molecule has 1 aromatic rings. The summed E-state index contributed by atoms with van der Waals surface area (Å²) in [6.07, 6.45) is 5.99. The maximum Gasteiger partial charge on any atom is 0.194 e. The van der Waals surface area contributed by atoms with Gasteiger partial charge in [0.15, 0.2) is 5.96 Å². The Morgan fingerprint density at radius 2 is 1.89 bits per heavy atom. The summed E-state index contributed by atoms with van der Waals surface area (Å²) in [6.45, 7) is 14.0. The molecule has 1 atom stereocenters. The summed E-state index contributed by atoms with van der Waals surface area (Å²) in [5, 5.41) is 3.49. The van der Waals surface area contributed by atoms with E-state index in [9.17, 15) is 0 Å². The Bertz CT molecular complexity index is 561. The molecule has 0 amide bonds. The van der Waals surface area contributed by atoms with E-state index < -0.39 is 0 Å². The Balaban J connectivity index is 1.50. The van der Waals surface area contributed by atoms with Crippen molar-refractivity contribution >= 4 is 11.8 Å². The number of hydrogen-bond acceptors (Lipinski definition) is 4. The van der Waals surface area contributed by atoms with Gasteiger partial charge in [0, 0.05) is 52.0 Å². The van der Waals surface area contributed by atoms with E-state index >= 15 is 0 Å². The Morgan fingerprint density at radius 1 is 1.11 bits per heavy atom. The van der Waals surface area contributed by atoms with Gasteiger partial charge in [0.05, 0.1) is 0 Å². The average Bonchev–Trinajstić information content (AvgIpc) is 2.73. The van der Waals surface area contributed by atoms with E-state index in [1.807, 2.05) is 12.3 Å². The Kier molecular flexibility index (Phi) is 7.75. The second kappa shape index (κ2) is 10.5. The van der Waals surface area contributed by atoms with Crippen LogP contribution in [-0.2, 0) is 0 Å². The van der Waals surface area contributed by atoms with Crippen LogP contribution in [-0.4, -0.2) is 79.6 Å². The summed E-state index contributed by atoms with van der Waals surface area (Å²) in [6, 6.07) is 6.13. The number of aliphatic imine (C=N–C) groups is 1. The zero-order chi connectivity index (χ0) is 18.9. The van der Waals surface area contributed by atoms with Crippen molar-refractivity contribution < 1.29 is 0 Å². The van der Waals surface area contributed by atoms with Crippen LogP contribution in [0.15, 0.2) is 29.4 Å². The maximum absolute atomic E-state index is 4.97. The number of aromatic nitrogens is 1. The van der Waals surface area contributed by atoms with Crippen LogP contribution in [0.4, 0.5) is 5.82 Å².